The minimum Gasteiger partial charge on any atom is -0.492 e. The Labute approximate surface area is 146 Å². The third kappa shape index (κ3) is 3.84. The molecule has 21 heavy (non-hydrogen) atoms. The van der Waals surface area contributed by atoms with Crippen molar-refractivity contribution in [2.75, 3.05) is 6.61 Å². The predicted molar refractivity (Wildman–Crippen MR) is 89.4 cm³/mol. The highest BCUT2D eigenvalue weighted by molar-refractivity contribution is 9.10. The smallest absolute Gasteiger partial charge is 0.139 e. The Kier molecular flexibility index (Phi) is 5.78. The van der Waals surface area contributed by atoms with Crippen molar-refractivity contribution in [3.05, 3.63) is 61.8 Å². The van der Waals surface area contributed by atoms with Crippen LogP contribution < -0.4 is 4.74 Å². The lowest BCUT2D eigenvalue weighted by molar-refractivity contribution is 0.340. The number of benzene rings is 2. The Morgan fingerprint density at radius 2 is 1.90 bits per heavy atom. The van der Waals surface area contributed by atoms with Crippen LogP contribution in [-0.4, -0.2) is 6.61 Å². The van der Waals surface area contributed by atoms with E-state index < -0.39 is 5.38 Å². The average molecular weight is 413 g/mol. The minimum absolute atomic E-state index is 0.380. The van der Waals surface area contributed by atoms with E-state index in [1.54, 1.807) is 24.3 Å². The van der Waals surface area contributed by atoms with E-state index in [9.17, 15) is 4.39 Å². The first-order chi connectivity index (χ1) is 9.93. The minimum atomic E-state index is -0.603. The van der Waals surface area contributed by atoms with E-state index in [4.69, 9.17) is 39.5 Å². The molecule has 1 unspecified atom stereocenters. The van der Waals surface area contributed by atoms with Crippen molar-refractivity contribution in [3.8, 4) is 5.75 Å². The Morgan fingerprint density at radius 1 is 1.19 bits per heavy atom. The van der Waals surface area contributed by atoms with Crippen LogP contribution in [0.1, 0.15) is 23.4 Å². The molecule has 2 aromatic rings. The molecule has 1 nitrogen and oxygen atoms in total. The van der Waals surface area contributed by atoms with Crippen LogP contribution in [0.5, 0.6) is 5.75 Å². The van der Waals surface area contributed by atoms with Crippen LogP contribution in [0.15, 0.2) is 34.8 Å². The SMILES string of the molecule is CCOc1cc(Cl)c(C(Cl)c2ccc(Br)c(F)c2)cc1Cl. The van der Waals surface area contributed by atoms with E-state index in [-0.39, 0.29) is 5.82 Å². The second kappa shape index (κ2) is 7.19. The highest BCUT2D eigenvalue weighted by Gasteiger charge is 2.18. The van der Waals surface area contributed by atoms with Crippen LogP contribution in [0.2, 0.25) is 10.0 Å². The van der Waals surface area contributed by atoms with Crippen LogP contribution in [0.25, 0.3) is 0 Å². The van der Waals surface area contributed by atoms with Gasteiger partial charge in [0.2, 0.25) is 0 Å². The standard InChI is InChI=1S/C15H11BrCl3FO/c1-2-21-14-7-11(17)9(6-12(14)18)15(19)8-3-4-10(16)13(20)5-8/h3-7,15H,2H2,1H3. The fourth-order valence-corrected chi connectivity index (χ4v) is 2.96. The zero-order valence-corrected chi connectivity index (χ0v) is 14.8. The maximum atomic E-state index is 13.6. The van der Waals surface area contributed by atoms with E-state index in [2.05, 4.69) is 15.9 Å². The van der Waals surface area contributed by atoms with Gasteiger partial charge < -0.3 is 4.74 Å². The first-order valence-electron chi connectivity index (χ1n) is 6.14. The van der Waals surface area contributed by atoms with Gasteiger partial charge in [-0.25, -0.2) is 4.39 Å². The van der Waals surface area contributed by atoms with Gasteiger partial charge in [0.1, 0.15) is 11.6 Å². The molecular formula is C15H11BrCl3FO. The quantitative estimate of drug-likeness (QED) is 0.513. The molecule has 0 aliphatic rings. The summed E-state index contributed by atoms with van der Waals surface area (Å²) in [5, 5.41) is 0.235. The summed E-state index contributed by atoms with van der Waals surface area (Å²) in [4.78, 5) is 0. The maximum Gasteiger partial charge on any atom is 0.139 e. The zero-order valence-electron chi connectivity index (χ0n) is 11.0. The van der Waals surface area contributed by atoms with Crippen molar-refractivity contribution in [2.45, 2.75) is 12.3 Å². The topological polar surface area (TPSA) is 9.23 Å². The molecule has 0 bridgehead atoms. The number of rotatable bonds is 4. The van der Waals surface area contributed by atoms with Crippen LogP contribution in [0, 0.1) is 5.82 Å². The average Bonchev–Trinajstić information content (AvgIpc) is 2.45. The first kappa shape index (κ1) is 16.9. The molecule has 6 heteroatoms. The molecule has 0 amide bonds. The van der Waals surface area contributed by atoms with E-state index in [1.165, 1.54) is 6.07 Å². The predicted octanol–water partition coefficient (Wildman–Crippen LogP) is 6.62. The van der Waals surface area contributed by atoms with Crippen LogP contribution in [-0.2, 0) is 0 Å². The number of ether oxygens (including phenoxy) is 1. The van der Waals surface area contributed by atoms with E-state index in [0.717, 1.165) is 0 Å². The summed E-state index contributed by atoms with van der Waals surface area (Å²) in [5.41, 5.74) is 1.20. The van der Waals surface area contributed by atoms with E-state index >= 15 is 0 Å². The molecule has 0 aliphatic heterocycles. The highest BCUT2D eigenvalue weighted by atomic mass is 79.9. The molecule has 0 fully saturated rings. The summed E-state index contributed by atoms with van der Waals surface area (Å²) in [7, 11) is 0. The van der Waals surface area contributed by atoms with Gasteiger partial charge in [0.25, 0.3) is 0 Å². The van der Waals surface area contributed by atoms with Crippen molar-refractivity contribution in [2.24, 2.45) is 0 Å². The lowest BCUT2D eigenvalue weighted by atomic mass is 10.0. The molecular weight excluding hydrogens is 401 g/mol. The Bertz CT molecular complexity index is 664. The number of halogens is 5. The van der Waals surface area contributed by atoms with Crippen molar-refractivity contribution in [1.82, 2.24) is 0 Å². The van der Waals surface area contributed by atoms with Gasteiger partial charge in [-0.15, -0.1) is 11.6 Å². The monoisotopic (exact) mass is 410 g/mol. The molecule has 0 saturated carbocycles. The fourth-order valence-electron chi connectivity index (χ4n) is 1.85. The van der Waals surface area contributed by atoms with Crippen LogP contribution in [0.4, 0.5) is 4.39 Å². The summed E-state index contributed by atoms with van der Waals surface area (Å²) in [6, 6.07) is 7.96. The Morgan fingerprint density at radius 3 is 2.52 bits per heavy atom. The molecule has 0 radical (unpaired) electrons. The van der Waals surface area contributed by atoms with Crippen molar-refractivity contribution in [3.63, 3.8) is 0 Å². The van der Waals surface area contributed by atoms with Gasteiger partial charge in [-0.05, 0) is 52.2 Å². The Balaban J connectivity index is 2.40. The van der Waals surface area contributed by atoms with Crippen molar-refractivity contribution < 1.29 is 9.13 Å². The van der Waals surface area contributed by atoms with Crippen molar-refractivity contribution >= 4 is 50.7 Å². The maximum absolute atomic E-state index is 13.6. The molecule has 0 aromatic heterocycles. The van der Waals surface area contributed by atoms with Crippen molar-refractivity contribution in [1.29, 1.82) is 0 Å². The zero-order chi connectivity index (χ0) is 15.6. The molecule has 0 heterocycles. The third-order valence-corrected chi connectivity index (χ3v) is 4.61. The molecule has 2 aromatic carbocycles. The number of hydrogen-bond donors (Lipinski definition) is 0. The second-order valence-electron chi connectivity index (χ2n) is 4.27. The number of alkyl halides is 1. The molecule has 0 spiro atoms. The largest absolute Gasteiger partial charge is 0.492 e. The lowest BCUT2D eigenvalue weighted by Crippen LogP contribution is -1.98. The lowest BCUT2D eigenvalue weighted by Gasteiger charge is -2.15. The summed E-state index contributed by atoms with van der Waals surface area (Å²) in [5.74, 6) is 0.116. The van der Waals surface area contributed by atoms with Gasteiger partial charge in [0.05, 0.1) is 21.5 Å². The van der Waals surface area contributed by atoms with Gasteiger partial charge in [-0.2, -0.15) is 0 Å². The molecule has 0 saturated heterocycles. The molecule has 0 N–H and O–H groups in total. The molecule has 112 valence electrons. The summed E-state index contributed by atoms with van der Waals surface area (Å²) < 4.78 is 19.4. The normalized spacial score (nSPS) is 12.3. The highest BCUT2D eigenvalue weighted by Crippen LogP contribution is 2.39. The van der Waals surface area contributed by atoms with E-state index in [1.807, 2.05) is 6.92 Å². The molecule has 0 aliphatic carbocycles. The number of hydrogen-bond acceptors (Lipinski definition) is 1. The van der Waals surface area contributed by atoms with Crippen LogP contribution in [0.3, 0.4) is 0 Å². The fraction of sp³-hybridized carbons (Fsp3) is 0.200. The van der Waals surface area contributed by atoms with Gasteiger partial charge >= 0.3 is 0 Å². The second-order valence-corrected chi connectivity index (χ2v) is 6.38. The van der Waals surface area contributed by atoms with Crippen LogP contribution >= 0.6 is 50.7 Å². The van der Waals surface area contributed by atoms with E-state index in [0.29, 0.717) is 38.0 Å². The summed E-state index contributed by atoms with van der Waals surface area (Å²) in [6.45, 7) is 2.34. The first-order valence-corrected chi connectivity index (χ1v) is 8.13. The van der Waals surface area contributed by atoms with Gasteiger partial charge in [-0.1, -0.05) is 29.3 Å². The summed E-state index contributed by atoms with van der Waals surface area (Å²) in [6.07, 6.45) is 0. The molecule has 2 rings (SSSR count). The Hall–Kier alpha value is -0.480. The molecule has 1 atom stereocenters. The van der Waals surface area contributed by atoms with Gasteiger partial charge in [0.15, 0.2) is 0 Å². The van der Waals surface area contributed by atoms with Gasteiger partial charge in [0, 0.05) is 11.1 Å². The third-order valence-electron chi connectivity index (χ3n) is 2.86. The van der Waals surface area contributed by atoms with Gasteiger partial charge in [-0.3, -0.25) is 0 Å². The summed E-state index contributed by atoms with van der Waals surface area (Å²) >= 11 is 21.9.